The fourth-order valence-corrected chi connectivity index (χ4v) is 2.85. The van der Waals surface area contributed by atoms with E-state index in [1.165, 1.54) is 11.3 Å². The van der Waals surface area contributed by atoms with Crippen molar-refractivity contribution in [1.29, 1.82) is 0 Å². The lowest BCUT2D eigenvalue weighted by molar-refractivity contribution is 0.587. The van der Waals surface area contributed by atoms with Gasteiger partial charge in [-0.25, -0.2) is 13.4 Å². The number of hydrazine groups is 1. The number of nitrogens with zero attached hydrogens (tertiary/aromatic N) is 1. The van der Waals surface area contributed by atoms with Crippen molar-refractivity contribution in [2.75, 3.05) is 5.43 Å². The number of hydrogen-bond acceptors (Lipinski definition) is 5. The number of nitrogens with one attached hydrogen (secondary N) is 2. The smallest absolute Gasteiger partial charge is 0.257 e. The van der Waals surface area contributed by atoms with Gasteiger partial charge in [0.2, 0.25) is 0 Å². The van der Waals surface area contributed by atoms with E-state index < -0.39 is 10.0 Å². The fraction of sp³-hybridized carbons (Fsp3) is 0.182. The first-order valence-electron chi connectivity index (χ1n) is 5.24. The predicted molar refractivity (Wildman–Crippen MR) is 72.0 cm³/mol. The molecule has 1 aromatic carbocycles. The van der Waals surface area contributed by atoms with Crippen molar-refractivity contribution in [3.63, 3.8) is 0 Å². The molecule has 2 N–H and O–H groups in total. The molecule has 0 spiro atoms. The molecule has 18 heavy (non-hydrogen) atoms. The van der Waals surface area contributed by atoms with Gasteiger partial charge in [0.25, 0.3) is 10.0 Å². The molecule has 0 aliphatic heterocycles. The minimum atomic E-state index is -3.56. The summed E-state index contributed by atoms with van der Waals surface area (Å²) >= 11 is 1.34. The summed E-state index contributed by atoms with van der Waals surface area (Å²) in [7, 11) is -3.56. The topological polar surface area (TPSA) is 71.1 Å². The van der Waals surface area contributed by atoms with Crippen LogP contribution in [0.2, 0.25) is 0 Å². The summed E-state index contributed by atoms with van der Waals surface area (Å²) in [6, 6.07) is 6.63. The van der Waals surface area contributed by atoms with Crippen molar-refractivity contribution < 1.29 is 8.42 Å². The summed E-state index contributed by atoms with van der Waals surface area (Å²) in [5.74, 6) is 0. The molecular formula is C11H13N3O2S2. The normalized spacial score (nSPS) is 11.4. The maximum absolute atomic E-state index is 11.9. The lowest BCUT2D eigenvalue weighted by Gasteiger charge is -2.07. The molecule has 0 amide bonds. The van der Waals surface area contributed by atoms with E-state index in [0.29, 0.717) is 5.13 Å². The Balaban J connectivity index is 2.10. The van der Waals surface area contributed by atoms with Crippen LogP contribution in [0.25, 0.3) is 0 Å². The lowest BCUT2D eigenvalue weighted by atomic mass is 10.2. The van der Waals surface area contributed by atoms with Crippen LogP contribution in [0, 0.1) is 13.8 Å². The third-order valence-electron chi connectivity index (χ3n) is 2.24. The number of rotatable bonds is 4. The van der Waals surface area contributed by atoms with E-state index in [-0.39, 0.29) is 4.90 Å². The molecule has 2 aromatic rings. The van der Waals surface area contributed by atoms with Gasteiger partial charge in [0.05, 0.1) is 10.6 Å². The number of aryl methyl sites for hydroxylation is 2. The van der Waals surface area contributed by atoms with Gasteiger partial charge in [0.15, 0.2) is 5.13 Å². The Morgan fingerprint density at radius 3 is 2.39 bits per heavy atom. The van der Waals surface area contributed by atoms with Gasteiger partial charge in [0, 0.05) is 5.38 Å². The van der Waals surface area contributed by atoms with Gasteiger partial charge in [-0.2, -0.15) is 0 Å². The maximum atomic E-state index is 11.9. The average Bonchev–Trinajstić information content (AvgIpc) is 2.73. The monoisotopic (exact) mass is 283 g/mol. The summed E-state index contributed by atoms with van der Waals surface area (Å²) in [5.41, 5.74) is 4.44. The average molecular weight is 283 g/mol. The molecule has 5 nitrogen and oxygen atoms in total. The van der Waals surface area contributed by atoms with Crippen LogP contribution in [0.1, 0.15) is 11.3 Å². The third-order valence-corrected chi connectivity index (χ3v) is 4.38. The van der Waals surface area contributed by atoms with Crippen LogP contribution in [0.4, 0.5) is 5.13 Å². The van der Waals surface area contributed by atoms with Crippen molar-refractivity contribution in [2.24, 2.45) is 0 Å². The minimum Gasteiger partial charge on any atom is -0.283 e. The summed E-state index contributed by atoms with van der Waals surface area (Å²) in [6.45, 7) is 3.75. The van der Waals surface area contributed by atoms with Crippen molar-refractivity contribution in [2.45, 2.75) is 18.7 Å². The van der Waals surface area contributed by atoms with Gasteiger partial charge in [-0.15, -0.1) is 16.2 Å². The Bertz CT molecular complexity index is 633. The van der Waals surface area contributed by atoms with E-state index in [0.717, 1.165) is 11.3 Å². The molecule has 0 radical (unpaired) electrons. The minimum absolute atomic E-state index is 0.217. The second-order valence-electron chi connectivity index (χ2n) is 3.84. The van der Waals surface area contributed by atoms with Crippen LogP contribution in [0.3, 0.4) is 0 Å². The van der Waals surface area contributed by atoms with Crippen LogP contribution in [0.5, 0.6) is 0 Å². The number of hydrogen-bond donors (Lipinski definition) is 2. The summed E-state index contributed by atoms with van der Waals surface area (Å²) in [5, 5.41) is 2.35. The van der Waals surface area contributed by atoms with E-state index in [4.69, 9.17) is 0 Å². The molecule has 7 heteroatoms. The quantitative estimate of drug-likeness (QED) is 0.843. The Morgan fingerprint density at radius 1 is 1.17 bits per heavy atom. The first-order chi connectivity index (χ1) is 8.47. The molecule has 0 unspecified atom stereocenters. The molecule has 1 heterocycles. The number of thiazole rings is 1. The molecule has 0 saturated carbocycles. The zero-order valence-electron chi connectivity index (χ0n) is 9.97. The highest BCUT2D eigenvalue weighted by atomic mass is 32.2. The van der Waals surface area contributed by atoms with E-state index >= 15 is 0 Å². The number of aromatic nitrogens is 1. The third kappa shape index (κ3) is 3.06. The van der Waals surface area contributed by atoms with E-state index in [1.807, 2.05) is 19.2 Å². The fourth-order valence-electron chi connectivity index (χ4n) is 1.30. The van der Waals surface area contributed by atoms with Gasteiger partial charge in [-0.3, -0.25) is 5.43 Å². The van der Waals surface area contributed by atoms with Gasteiger partial charge in [-0.1, -0.05) is 17.7 Å². The summed E-state index contributed by atoms with van der Waals surface area (Å²) in [6.07, 6.45) is 0. The first-order valence-corrected chi connectivity index (χ1v) is 7.60. The highest BCUT2D eigenvalue weighted by Crippen LogP contribution is 2.14. The van der Waals surface area contributed by atoms with Crippen molar-refractivity contribution in [3.8, 4) is 0 Å². The van der Waals surface area contributed by atoms with Gasteiger partial charge < -0.3 is 0 Å². The molecule has 1 aromatic heterocycles. The zero-order valence-corrected chi connectivity index (χ0v) is 11.6. The Hall–Kier alpha value is -1.44. The molecule has 0 fully saturated rings. The van der Waals surface area contributed by atoms with Gasteiger partial charge >= 0.3 is 0 Å². The van der Waals surface area contributed by atoms with Gasteiger partial charge in [0.1, 0.15) is 0 Å². The summed E-state index contributed by atoms with van der Waals surface area (Å²) < 4.78 is 23.9. The van der Waals surface area contributed by atoms with Crippen molar-refractivity contribution in [1.82, 2.24) is 9.82 Å². The number of benzene rings is 1. The van der Waals surface area contributed by atoms with Gasteiger partial charge in [-0.05, 0) is 26.0 Å². The van der Waals surface area contributed by atoms with E-state index in [2.05, 4.69) is 15.2 Å². The predicted octanol–water partition coefficient (Wildman–Crippen LogP) is 2.07. The highest BCUT2D eigenvalue weighted by molar-refractivity contribution is 7.89. The zero-order chi connectivity index (χ0) is 13.2. The highest BCUT2D eigenvalue weighted by Gasteiger charge is 2.13. The maximum Gasteiger partial charge on any atom is 0.257 e. The van der Waals surface area contributed by atoms with E-state index in [9.17, 15) is 8.42 Å². The standard InChI is InChI=1S/C11H13N3O2S2/c1-8-3-5-10(6-4-8)18(15,16)14-13-11-12-9(2)7-17-11/h3-7,14H,1-2H3,(H,12,13). The largest absolute Gasteiger partial charge is 0.283 e. The molecule has 0 bridgehead atoms. The van der Waals surface area contributed by atoms with Crippen molar-refractivity contribution in [3.05, 3.63) is 40.9 Å². The molecule has 0 saturated heterocycles. The van der Waals surface area contributed by atoms with Crippen LogP contribution < -0.4 is 10.3 Å². The molecule has 0 aliphatic carbocycles. The molecule has 2 rings (SSSR count). The van der Waals surface area contributed by atoms with E-state index in [1.54, 1.807) is 24.3 Å². The van der Waals surface area contributed by atoms with Crippen LogP contribution in [-0.2, 0) is 10.0 Å². The molecule has 96 valence electrons. The SMILES string of the molecule is Cc1ccc(S(=O)(=O)NNc2nc(C)cs2)cc1. The number of anilines is 1. The Morgan fingerprint density at radius 2 is 1.83 bits per heavy atom. The van der Waals surface area contributed by atoms with Crippen LogP contribution >= 0.6 is 11.3 Å². The lowest BCUT2D eigenvalue weighted by Crippen LogP contribution is -2.29. The summed E-state index contributed by atoms with van der Waals surface area (Å²) in [4.78, 5) is 6.61. The number of sulfonamides is 1. The Labute approximate surface area is 110 Å². The molecule has 0 atom stereocenters. The first kappa shape index (κ1) is 13.0. The molecule has 0 aliphatic rings. The second-order valence-corrected chi connectivity index (χ2v) is 6.38. The van der Waals surface area contributed by atoms with Crippen LogP contribution in [0.15, 0.2) is 34.5 Å². The Kier molecular flexibility index (Phi) is 3.65. The van der Waals surface area contributed by atoms with Crippen LogP contribution in [-0.4, -0.2) is 13.4 Å². The molecular weight excluding hydrogens is 270 g/mol. The second kappa shape index (κ2) is 5.05. The van der Waals surface area contributed by atoms with Crippen molar-refractivity contribution >= 4 is 26.5 Å².